The van der Waals surface area contributed by atoms with Gasteiger partial charge in [0.05, 0.1) is 0 Å². The Bertz CT molecular complexity index is 1040. The monoisotopic (exact) mass is 376 g/mol. The standard InChI is InChI=1S/C24H25FN2O/c1-14-15(2)26-23-10-5-17(13-22(14)23)24(28)27-20-8-9-21(27)12-18(11-20)16-3-6-19(25)7-4-16/h3-7,10,13,18,20-21,26H,8-9,11-12H2,1-2H3/t18?,20-,21+. The topological polar surface area (TPSA) is 36.1 Å². The lowest BCUT2D eigenvalue weighted by atomic mass is 9.84. The molecule has 0 saturated carbocycles. The summed E-state index contributed by atoms with van der Waals surface area (Å²) >= 11 is 0. The molecule has 1 N–H and O–H groups in total. The van der Waals surface area contributed by atoms with E-state index in [0.717, 1.165) is 47.8 Å². The number of hydrogen-bond donors (Lipinski definition) is 1. The van der Waals surface area contributed by atoms with Gasteiger partial charge in [0, 0.05) is 34.2 Å². The van der Waals surface area contributed by atoms with E-state index in [1.54, 1.807) is 12.1 Å². The number of aromatic amines is 1. The Morgan fingerprint density at radius 2 is 1.71 bits per heavy atom. The van der Waals surface area contributed by atoms with Gasteiger partial charge in [0.1, 0.15) is 5.82 Å². The van der Waals surface area contributed by atoms with Crippen molar-refractivity contribution in [1.29, 1.82) is 0 Å². The summed E-state index contributed by atoms with van der Waals surface area (Å²) in [4.78, 5) is 18.9. The molecular weight excluding hydrogens is 351 g/mol. The molecule has 1 unspecified atom stereocenters. The van der Waals surface area contributed by atoms with Crippen LogP contribution in [0.5, 0.6) is 0 Å². The SMILES string of the molecule is Cc1[nH]c2ccc(C(=O)N3[C@@H]4CC[C@H]3CC(c3ccc(F)cc3)C4)cc2c1C. The Morgan fingerprint density at radius 1 is 1.04 bits per heavy atom. The minimum Gasteiger partial charge on any atom is -0.358 e. The molecule has 0 spiro atoms. The van der Waals surface area contributed by atoms with Gasteiger partial charge in [-0.25, -0.2) is 4.39 Å². The van der Waals surface area contributed by atoms with E-state index in [0.29, 0.717) is 5.92 Å². The first kappa shape index (κ1) is 17.5. The largest absolute Gasteiger partial charge is 0.358 e. The van der Waals surface area contributed by atoms with E-state index in [2.05, 4.69) is 23.7 Å². The summed E-state index contributed by atoms with van der Waals surface area (Å²) in [5, 5.41) is 1.14. The van der Waals surface area contributed by atoms with E-state index < -0.39 is 0 Å². The lowest BCUT2D eigenvalue weighted by Gasteiger charge is -2.39. The Balaban J connectivity index is 1.41. The highest BCUT2D eigenvalue weighted by Crippen LogP contribution is 2.43. The number of aryl methyl sites for hydroxylation is 2. The third kappa shape index (κ3) is 2.74. The summed E-state index contributed by atoms with van der Waals surface area (Å²) in [5.74, 6) is 0.384. The fraction of sp³-hybridized carbons (Fsp3) is 0.375. The first-order chi connectivity index (χ1) is 13.5. The lowest BCUT2D eigenvalue weighted by molar-refractivity contribution is 0.0571. The first-order valence-corrected chi connectivity index (χ1v) is 10.2. The highest BCUT2D eigenvalue weighted by Gasteiger charge is 2.43. The second kappa shape index (κ2) is 6.47. The van der Waals surface area contributed by atoms with Crippen LogP contribution in [0.3, 0.4) is 0 Å². The zero-order valence-electron chi connectivity index (χ0n) is 16.3. The number of carbonyl (C=O) groups is 1. The van der Waals surface area contributed by atoms with Crippen LogP contribution in [0.4, 0.5) is 4.39 Å². The molecule has 3 heterocycles. The molecular formula is C24H25FN2O. The van der Waals surface area contributed by atoms with Gasteiger partial charge in [-0.15, -0.1) is 0 Å². The van der Waals surface area contributed by atoms with E-state index in [1.165, 1.54) is 11.1 Å². The third-order valence-electron chi connectivity index (χ3n) is 6.86. The number of carbonyl (C=O) groups excluding carboxylic acids is 1. The summed E-state index contributed by atoms with van der Waals surface area (Å²) < 4.78 is 13.3. The van der Waals surface area contributed by atoms with Crippen molar-refractivity contribution in [2.24, 2.45) is 0 Å². The Morgan fingerprint density at radius 3 is 2.39 bits per heavy atom. The second-order valence-electron chi connectivity index (χ2n) is 8.45. The fourth-order valence-electron chi connectivity index (χ4n) is 5.26. The van der Waals surface area contributed by atoms with Crippen LogP contribution < -0.4 is 0 Å². The van der Waals surface area contributed by atoms with E-state index in [1.807, 2.05) is 30.3 Å². The molecule has 2 fully saturated rings. The minimum absolute atomic E-state index is 0.158. The summed E-state index contributed by atoms with van der Waals surface area (Å²) in [7, 11) is 0. The van der Waals surface area contributed by atoms with Crippen molar-refractivity contribution in [3.05, 3.63) is 70.7 Å². The van der Waals surface area contributed by atoms with Gasteiger partial charge in [0.2, 0.25) is 0 Å². The molecule has 1 aromatic heterocycles. The average molecular weight is 376 g/mol. The summed E-state index contributed by atoms with van der Waals surface area (Å²) in [6, 6.07) is 13.5. The summed E-state index contributed by atoms with van der Waals surface area (Å²) in [6.07, 6.45) is 4.08. The molecule has 0 radical (unpaired) electrons. The minimum atomic E-state index is -0.190. The number of amides is 1. The van der Waals surface area contributed by atoms with Gasteiger partial charge in [-0.1, -0.05) is 12.1 Å². The van der Waals surface area contributed by atoms with Crippen molar-refractivity contribution >= 4 is 16.8 Å². The summed E-state index contributed by atoms with van der Waals surface area (Å²) in [6.45, 7) is 4.16. The van der Waals surface area contributed by atoms with Crippen LogP contribution >= 0.6 is 0 Å². The number of benzene rings is 2. The Hall–Kier alpha value is -2.62. The van der Waals surface area contributed by atoms with E-state index in [4.69, 9.17) is 0 Å². The predicted octanol–water partition coefficient (Wildman–Crippen LogP) is 5.47. The smallest absolute Gasteiger partial charge is 0.254 e. The molecule has 2 aromatic carbocycles. The molecule has 2 saturated heterocycles. The summed E-state index contributed by atoms with van der Waals surface area (Å²) in [5.41, 5.74) is 5.43. The zero-order valence-corrected chi connectivity index (χ0v) is 16.3. The van der Waals surface area contributed by atoms with E-state index in [-0.39, 0.29) is 23.8 Å². The third-order valence-corrected chi connectivity index (χ3v) is 6.86. The van der Waals surface area contributed by atoms with Crippen LogP contribution in [-0.2, 0) is 0 Å². The molecule has 0 aliphatic carbocycles. The van der Waals surface area contributed by atoms with Crippen molar-refractivity contribution < 1.29 is 9.18 Å². The number of halogens is 1. The molecule has 2 aliphatic rings. The van der Waals surface area contributed by atoms with Gasteiger partial charge in [-0.05, 0) is 86.9 Å². The van der Waals surface area contributed by atoms with Gasteiger partial charge in [0.15, 0.2) is 0 Å². The number of nitrogens with one attached hydrogen (secondary N) is 1. The van der Waals surface area contributed by atoms with E-state index in [9.17, 15) is 9.18 Å². The van der Waals surface area contributed by atoms with Crippen LogP contribution in [0.15, 0.2) is 42.5 Å². The van der Waals surface area contributed by atoms with Crippen LogP contribution in [0.1, 0.15) is 58.8 Å². The van der Waals surface area contributed by atoms with Gasteiger partial charge >= 0.3 is 0 Å². The van der Waals surface area contributed by atoms with Crippen molar-refractivity contribution in [1.82, 2.24) is 9.88 Å². The molecule has 3 aromatic rings. The predicted molar refractivity (Wildman–Crippen MR) is 109 cm³/mol. The number of nitrogens with zero attached hydrogens (tertiary/aromatic N) is 1. The first-order valence-electron chi connectivity index (χ1n) is 10.2. The molecule has 2 aliphatic heterocycles. The highest BCUT2D eigenvalue weighted by molar-refractivity contribution is 5.99. The Kier molecular flexibility index (Phi) is 4.04. The second-order valence-corrected chi connectivity index (χ2v) is 8.45. The maximum absolute atomic E-state index is 13.4. The number of aromatic nitrogens is 1. The Labute approximate surface area is 164 Å². The van der Waals surface area contributed by atoms with Gasteiger partial charge in [-0.3, -0.25) is 4.79 Å². The van der Waals surface area contributed by atoms with Crippen LogP contribution in [0.25, 0.3) is 10.9 Å². The van der Waals surface area contributed by atoms with Crippen molar-refractivity contribution in [3.8, 4) is 0 Å². The molecule has 4 heteroatoms. The normalized spacial score (nSPS) is 24.1. The zero-order chi connectivity index (χ0) is 19.4. The molecule has 3 atom stereocenters. The van der Waals surface area contributed by atoms with Crippen molar-refractivity contribution in [2.45, 2.75) is 57.5 Å². The van der Waals surface area contributed by atoms with Crippen molar-refractivity contribution in [2.75, 3.05) is 0 Å². The lowest BCUT2D eigenvalue weighted by Crippen LogP contribution is -2.46. The van der Waals surface area contributed by atoms with E-state index >= 15 is 0 Å². The molecule has 144 valence electrons. The molecule has 1 amide bonds. The van der Waals surface area contributed by atoms with Gasteiger partial charge < -0.3 is 9.88 Å². The molecule has 28 heavy (non-hydrogen) atoms. The maximum atomic E-state index is 13.4. The molecule has 2 bridgehead atoms. The van der Waals surface area contributed by atoms with Crippen LogP contribution in [-0.4, -0.2) is 27.9 Å². The number of piperidine rings is 1. The molecule has 3 nitrogen and oxygen atoms in total. The highest BCUT2D eigenvalue weighted by atomic mass is 19.1. The van der Waals surface area contributed by atoms with Gasteiger partial charge in [0.25, 0.3) is 5.91 Å². The number of H-pyrrole nitrogens is 1. The number of rotatable bonds is 2. The van der Waals surface area contributed by atoms with Gasteiger partial charge in [-0.2, -0.15) is 0 Å². The maximum Gasteiger partial charge on any atom is 0.254 e. The average Bonchev–Trinajstić information content (AvgIpc) is 3.13. The van der Waals surface area contributed by atoms with Crippen LogP contribution in [0, 0.1) is 19.7 Å². The number of fused-ring (bicyclic) bond motifs is 3. The molecule has 5 rings (SSSR count). The fourth-order valence-corrected chi connectivity index (χ4v) is 5.26. The number of hydrogen-bond acceptors (Lipinski definition) is 1. The van der Waals surface area contributed by atoms with Crippen molar-refractivity contribution in [3.63, 3.8) is 0 Å². The van der Waals surface area contributed by atoms with Crippen LogP contribution in [0.2, 0.25) is 0 Å². The quantitative estimate of drug-likeness (QED) is 0.632.